The Labute approximate surface area is 136 Å². The van der Waals surface area contributed by atoms with Gasteiger partial charge in [-0.05, 0) is 26.2 Å². The molecule has 0 fully saturated rings. The molecule has 0 aliphatic rings. The molecule has 0 radical (unpaired) electrons. The third-order valence-electron chi connectivity index (χ3n) is 3.75. The van der Waals surface area contributed by atoms with Crippen molar-refractivity contribution < 1.29 is 26.9 Å². The number of likely N-dealkylation sites (N-methyl/N-ethyl adjacent to an activating group) is 1. The first-order valence-corrected chi connectivity index (χ1v) is 9.88. The molecule has 0 heterocycles. The minimum atomic E-state index is -3.83. The Kier molecular flexibility index (Phi) is 12.1. The van der Waals surface area contributed by atoms with E-state index in [0.717, 1.165) is 43.4 Å². The summed E-state index contributed by atoms with van der Waals surface area (Å²) in [6.07, 6.45) is 3.58. The lowest BCUT2D eigenvalue weighted by Crippen LogP contribution is -2.48. The third kappa shape index (κ3) is 13.5. The molecule has 0 aliphatic heterocycles. The largest absolute Gasteiger partial charge is 0.379 e. The molecule has 0 aromatic rings. The van der Waals surface area contributed by atoms with E-state index in [1.807, 2.05) is 6.92 Å². The van der Waals surface area contributed by atoms with Crippen LogP contribution in [0.25, 0.3) is 0 Å². The number of hydrogen-bond acceptors (Lipinski definition) is 4. The fourth-order valence-corrected chi connectivity index (χ4v) is 2.87. The van der Waals surface area contributed by atoms with Crippen molar-refractivity contribution in [2.45, 2.75) is 39.5 Å². The second-order valence-corrected chi connectivity index (χ2v) is 7.52. The number of hydrogen-bond donors (Lipinski definition) is 1. The average Bonchev–Trinajstić information content (AvgIpc) is 2.44. The van der Waals surface area contributed by atoms with Gasteiger partial charge in [-0.3, -0.25) is 4.55 Å². The highest BCUT2D eigenvalue weighted by atomic mass is 32.2. The highest BCUT2D eigenvalue weighted by Crippen LogP contribution is 2.09. The van der Waals surface area contributed by atoms with E-state index in [1.165, 1.54) is 0 Å². The summed E-state index contributed by atoms with van der Waals surface area (Å²) >= 11 is 0. The number of nitrogens with zero attached hydrogens (tertiary/aromatic N) is 1. The zero-order valence-corrected chi connectivity index (χ0v) is 15.2. The molecule has 0 spiro atoms. The van der Waals surface area contributed by atoms with Crippen LogP contribution in [0.2, 0.25) is 0 Å². The van der Waals surface area contributed by atoms with Crippen LogP contribution in [-0.2, 0) is 19.6 Å². The smallest absolute Gasteiger partial charge is 0.264 e. The number of rotatable bonds is 15. The van der Waals surface area contributed by atoms with Gasteiger partial charge >= 0.3 is 0 Å². The molecule has 0 rings (SSSR count). The highest BCUT2D eigenvalue weighted by Gasteiger charge is 2.20. The van der Waals surface area contributed by atoms with Crippen LogP contribution < -0.4 is 0 Å². The van der Waals surface area contributed by atoms with Crippen molar-refractivity contribution in [2.24, 2.45) is 0 Å². The first-order chi connectivity index (χ1) is 10.3. The molecular weight excluding hydrogens is 306 g/mol. The van der Waals surface area contributed by atoms with Gasteiger partial charge in [-0.25, -0.2) is 0 Å². The second-order valence-electron chi connectivity index (χ2n) is 5.95. The van der Waals surface area contributed by atoms with Gasteiger partial charge in [0.25, 0.3) is 10.1 Å². The average molecular weight is 341 g/mol. The van der Waals surface area contributed by atoms with Gasteiger partial charge in [-0.1, -0.05) is 13.3 Å². The maximum absolute atomic E-state index is 10.7. The molecule has 0 saturated carbocycles. The molecular formula is C15H34NO5S+. The van der Waals surface area contributed by atoms with Crippen LogP contribution in [0, 0.1) is 0 Å². The molecule has 1 atom stereocenters. The van der Waals surface area contributed by atoms with Gasteiger partial charge in [0.05, 0.1) is 45.7 Å². The van der Waals surface area contributed by atoms with Crippen molar-refractivity contribution in [3.8, 4) is 0 Å². The molecule has 0 amide bonds. The summed E-state index contributed by atoms with van der Waals surface area (Å²) in [4.78, 5) is 0. The standard InChI is InChI=1S/C15H33NO5S/c1-4-6-9-16(3,10-7-8-15-22(17,18)19)11-12-21-14-13-20-5-2/h4-15H2,1-3H3/p+1. The Hall–Kier alpha value is -0.210. The molecule has 6 nitrogen and oxygen atoms in total. The molecule has 0 aromatic carbocycles. The summed E-state index contributed by atoms with van der Waals surface area (Å²) in [5.41, 5.74) is 0. The third-order valence-corrected chi connectivity index (χ3v) is 4.56. The van der Waals surface area contributed by atoms with E-state index < -0.39 is 10.1 Å². The van der Waals surface area contributed by atoms with Crippen molar-refractivity contribution in [3.63, 3.8) is 0 Å². The lowest BCUT2D eigenvalue weighted by Gasteiger charge is -2.34. The number of ether oxygens (including phenoxy) is 2. The van der Waals surface area contributed by atoms with Crippen LogP contribution in [0.4, 0.5) is 0 Å². The van der Waals surface area contributed by atoms with Crippen LogP contribution in [-0.4, -0.2) is 76.3 Å². The van der Waals surface area contributed by atoms with Gasteiger partial charge in [-0.15, -0.1) is 0 Å². The Morgan fingerprint density at radius 3 is 2.14 bits per heavy atom. The van der Waals surface area contributed by atoms with Gasteiger partial charge in [0.15, 0.2) is 0 Å². The molecule has 0 bridgehead atoms. The fraction of sp³-hybridized carbons (Fsp3) is 1.00. The molecule has 7 heteroatoms. The monoisotopic (exact) mass is 340 g/mol. The van der Waals surface area contributed by atoms with Crippen molar-refractivity contribution in [3.05, 3.63) is 0 Å². The predicted octanol–water partition coefficient (Wildman–Crippen LogP) is 1.95. The first kappa shape index (κ1) is 21.8. The molecule has 0 aliphatic carbocycles. The zero-order valence-electron chi connectivity index (χ0n) is 14.4. The van der Waals surface area contributed by atoms with E-state index in [-0.39, 0.29) is 5.75 Å². The maximum Gasteiger partial charge on any atom is 0.264 e. The van der Waals surface area contributed by atoms with E-state index in [1.54, 1.807) is 0 Å². The molecule has 1 unspecified atom stereocenters. The van der Waals surface area contributed by atoms with Gasteiger partial charge in [0.2, 0.25) is 0 Å². The van der Waals surface area contributed by atoms with Gasteiger partial charge < -0.3 is 14.0 Å². The SMILES string of the molecule is CCCC[N+](C)(CCCCS(=O)(=O)O)CCOCCOCC. The van der Waals surface area contributed by atoms with Crippen LogP contribution in [0.15, 0.2) is 0 Å². The normalized spacial score (nSPS) is 14.9. The Bertz CT molecular complexity index is 361. The predicted molar refractivity (Wildman–Crippen MR) is 88.7 cm³/mol. The van der Waals surface area contributed by atoms with Crippen molar-refractivity contribution in [1.82, 2.24) is 0 Å². The summed E-state index contributed by atoms with van der Waals surface area (Å²) in [7, 11) is -1.64. The summed E-state index contributed by atoms with van der Waals surface area (Å²) < 4.78 is 42.0. The Morgan fingerprint density at radius 1 is 0.909 bits per heavy atom. The lowest BCUT2D eigenvalue weighted by molar-refractivity contribution is -0.910. The van der Waals surface area contributed by atoms with Crippen molar-refractivity contribution >= 4 is 10.1 Å². The highest BCUT2D eigenvalue weighted by molar-refractivity contribution is 7.85. The molecule has 0 saturated heterocycles. The molecule has 0 aromatic heterocycles. The fourth-order valence-electron chi connectivity index (χ4n) is 2.30. The zero-order chi connectivity index (χ0) is 16.9. The van der Waals surface area contributed by atoms with Crippen LogP contribution in [0.1, 0.15) is 39.5 Å². The lowest BCUT2D eigenvalue weighted by atomic mass is 10.2. The summed E-state index contributed by atoms with van der Waals surface area (Å²) in [6, 6.07) is 0. The topological polar surface area (TPSA) is 72.8 Å². The van der Waals surface area contributed by atoms with Crippen LogP contribution >= 0.6 is 0 Å². The van der Waals surface area contributed by atoms with E-state index in [2.05, 4.69) is 14.0 Å². The first-order valence-electron chi connectivity index (χ1n) is 8.27. The minimum absolute atomic E-state index is 0.147. The van der Waals surface area contributed by atoms with Gasteiger partial charge in [0, 0.05) is 6.61 Å². The Morgan fingerprint density at radius 2 is 1.55 bits per heavy atom. The quantitative estimate of drug-likeness (QED) is 0.280. The van der Waals surface area contributed by atoms with Crippen LogP contribution in [0.3, 0.4) is 0 Å². The minimum Gasteiger partial charge on any atom is -0.379 e. The Balaban J connectivity index is 4.04. The van der Waals surface area contributed by atoms with E-state index in [4.69, 9.17) is 14.0 Å². The van der Waals surface area contributed by atoms with Crippen LogP contribution in [0.5, 0.6) is 0 Å². The van der Waals surface area contributed by atoms with E-state index in [0.29, 0.717) is 32.8 Å². The van der Waals surface area contributed by atoms with Gasteiger partial charge in [-0.2, -0.15) is 8.42 Å². The summed E-state index contributed by atoms with van der Waals surface area (Å²) in [6.45, 7) is 9.66. The molecule has 1 N–H and O–H groups in total. The molecule has 22 heavy (non-hydrogen) atoms. The number of quaternary nitrogens is 1. The summed E-state index contributed by atoms with van der Waals surface area (Å²) in [5.74, 6) is -0.147. The number of unbranched alkanes of at least 4 members (excludes halogenated alkanes) is 2. The maximum atomic E-state index is 10.7. The van der Waals surface area contributed by atoms with Gasteiger partial charge in [0.1, 0.15) is 6.54 Å². The molecule has 134 valence electrons. The van der Waals surface area contributed by atoms with Crippen molar-refractivity contribution in [2.75, 3.05) is 58.9 Å². The van der Waals surface area contributed by atoms with E-state index in [9.17, 15) is 8.42 Å². The summed E-state index contributed by atoms with van der Waals surface area (Å²) in [5, 5.41) is 0. The van der Waals surface area contributed by atoms with E-state index >= 15 is 0 Å². The van der Waals surface area contributed by atoms with Crippen molar-refractivity contribution in [1.29, 1.82) is 0 Å². The second kappa shape index (κ2) is 12.2.